The van der Waals surface area contributed by atoms with Crippen molar-refractivity contribution in [1.29, 1.82) is 0 Å². The number of aliphatic hydroxyl groups is 2. The number of hydrogen-bond acceptors (Lipinski definition) is 5. The highest BCUT2D eigenvalue weighted by atomic mass is 16.5. The Labute approximate surface area is 130 Å². The van der Waals surface area contributed by atoms with Gasteiger partial charge in [-0.25, -0.2) is 0 Å². The van der Waals surface area contributed by atoms with E-state index in [2.05, 4.69) is 13.8 Å². The van der Waals surface area contributed by atoms with E-state index in [0.717, 1.165) is 19.6 Å². The minimum Gasteiger partial charge on any atom is -0.394 e. The average molecular weight is 308 g/mol. The second-order valence-corrected chi connectivity index (χ2v) is 5.29. The van der Waals surface area contributed by atoms with Crippen LogP contribution >= 0.6 is 0 Å². The van der Waals surface area contributed by atoms with Crippen molar-refractivity contribution in [3.8, 4) is 0 Å². The smallest absolute Gasteiger partial charge is 0.0781 e. The van der Waals surface area contributed by atoms with Crippen molar-refractivity contribution in [3.05, 3.63) is 0 Å². The summed E-state index contributed by atoms with van der Waals surface area (Å²) in [5.74, 6) is 0. The summed E-state index contributed by atoms with van der Waals surface area (Å²) >= 11 is 0. The molecular weight excluding hydrogens is 272 g/mol. The lowest BCUT2D eigenvalue weighted by atomic mass is 10.4. The van der Waals surface area contributed by atoms with Gasteiger partial charge < -0.3 is 24.4 Å². The van der Waals surface area contributed by atoms with Crippen molar-refractivity contribution in [3.63, 3.8) is 0 Å². The molecule has 0 aliphatic heterocycles. The summed E-state index contributed by atoms with van der Waals surface area (Å²) in [6, 6.07) is 0. The molecule has 0 radical (unpaired) electrons. The Balaban J connectivity index is 0. The van der Waals surface area contributed by atoms with E-state index in [1.54, 1.807) is 13.8 Å². The molecule has 3 atom stereocenters. The predicted molar refractivity (Wildman–Crippen MR) is 85.6 cm³/mol. The largest absolute Gasteiger partial charge is 0.394 e. The molecule has 0 aromatic heterocycles. The molecule has 0 aromatic rings. The van der Waals surface area contributed by atoms with Crippen LogP contribution in [-0.4, -0.2) is 61.6 Å². The minimum absolute atomic E-state index is 0.0170. The zero-order chi connectivity index (χ0) is 16.5. The Kier molecular flexibility index (Phi) is 19.6. The minimum atomic E-state index is -0.447. The van der Waals surface area contributed by atoms with Crippen molar-refractivity contribution in [2.24, 2.45) is 0 Å². The third-order valence-electron chi connectivity index (χ3n) is 2.49. The fourth-order valence-corrected chi connectivity index (χ4v) is 1.20. The van der Waals surface area contributed by atoms with Gasteiger partial charge in [0.2, 0.25) is 0 Å². The van der Waals surface area contributed by atoms with E-state index >= 15 is 0 Å². The van der Waals surface area contributed by atoms with Gasteiger partial charge in [-0.05, 0) is 33.6 Å². The normalized spacial score (nSPS) is 15.0. The fourth-order valence-electron chi connectivity index (χ4n) is 1.20. The Morgan fingerprint density at radius 2 is 1.48 bits per heavy atom. The zero-order valence-corrected chi connectivity index (χ0v) is 14.5. The highest BCUT2D eigenvalue weighted by Crippen LogP contribution is 1.97. The second kappa shape index (κ2) is 17.9. The molecule has 0 saturated carbocycles. The number of ether oxygens (including phenoxy) is 3. The summed E-state index contributed by atoms with van der Waals surface area (Å²) in [6.45, 7) is 12.3. The van der Waals surface area contributed by atoms with Gasteiger partial charge in [0, 0.05) is 13.2 Å². The third-order valence-corrected chi connectivity index (χ3v) is 2.49. The van der Waals surface area contributed by atoms with Crippen LogP contribution in [0.25, 0.3) is 0 Å². The first kappa shape index (κ1) is 23.1. The third kappa shape index (κ3) is 22.2. The Morgan fingerprint density at radius 1 is 0.857 bits per heavy atom. The van der Waals surface area contributed by atoms with Crippen molar-refractivity contribution in [2.75, 3.05) is 33.0 Å². The first-order valence-electron chi connectivity index (χ1n) is 8.07. The average Bonchev–Trinajstić information content (AvgIpc) is 2.47. The summed E-state index contributed by atoms with van der Waals surface area (Å²) in [6.07, 6.45) is 2.94. The number of aliphatic hydroxyl groups excluding tert-OH is 2. The van der Waals surface area contributed by atoms with Crippen LogP contribution in [0.4, 0.5) is 0 Å². The first-order chi connectivity index (χ1) is 9.97. The first-order valence-corrected chi connectivity index (χ1v) is 8.07. The SMILES string of the molecule is CC(O)COC(C)COC(C)CO.CCCCOCCC. The molecule has 0 aliphatic rings. The molecule has 0 aromatic carbocycles. The highest BCUT2D eigenvalue weighted by Gasteiger charge is 2.06. The van der Waals surface area contributed by atoms with Crippen LogP contribution in [0, 0.1) is 0 Å². The summed E-state index contributed by atoms with van der Waals surface area (Å²) in [5.41, 5.74) is 0. The van der Waals surface area contributed by atoms with E-state index in [4.69, 9.17) is 24.4 Å². The number of hydrogen-bond donors (Lipinski definition) is 2. The van der Waals surface area contributed by atoms with Crippen molar-refractivity contribution < 1.29 is 24.4 Å². The molecule has 0 aliphatic carbocycles. The Hall–Kier alpha value is -0.200. The molecule has 2 N–H and O–H groups in total. The molecule has 0 bridgehead atoms. The number of unbranched alkanes of at least 4 members (excludes halogenated alkanes) is 1. The van der Waals surface area contributed by atoms with Gasteiger partial charge in [0.1, 0.15) is 0 Å². The van der Waals surface area contributed by atoms with Crippen LogP contribution < -0.4 is 0 Å². The maximum atomic E-state index is 8.92. The summed E-state index contributed by atoms with van der Waals surface area (Å²) < 4.78 is 15.7. The second-order valence-electron chi connectivity index (χ2n) is 5.29. The van der Waals surface area contributed by atoms with E-state index in [1.165, 1.54) is 12.8 Å². The van der Waals surface area contributed by atoms with Crippen LogP contribution in [-0.2, 0) is 14.2 Å². The molecule has 5 heteroatoms. The lowest BCUT2D eigenvalue weighted by Gasteiger charge is -2.16. The molecule has 5 nitrogen and oxygen atoms in total. The number of rotatable bonds is 12. The van der Waals surface area contributed by atoms with Gasteiger partial charge in [0.05, 0.1) is 38.1 Å². The molecule has 0 spiro atoms. The summed E-state index contributed by atoms with van der Waals surface area (Å²) in [4.78, 5) is 0. The summed E-state index contributed by atoms with van der Waals surface area (Å²) in [7, 11) is 0. The van der Waals surface area contributed by atoms with E-state index in [9.17, 15) is 0 Å². The Morgan fingerprint density at radius 3 is 1.95 bits per heavy atom. The maximum Gasteiger partial charge on any atom is 0.0781 e. The molecule has 0 fully saturated rings. The van der Waals surface area contributed by atoms with Gasteiger partial charge >= 0.3 is 0 Å². The monoisotopic (exact) mass is 308 g/mol. The predicted octanol–water partition coefficient (Wildman–Crippen LogP) is 2.38. The molecular formula is C16H36O5. The topological polar surface area (TPSA) is 68.2 Å². The van der Waals surface area contributed by atoms with Crippen LogP contribution in [0.5, 0.6) is 0 Å². The molecule has 0 amide bonds. The zero-order valence-electron chi connectivity index (χ0n) is 14.5. The standard InChI is InChI=1S/C9H20O4.C7H16O/c1-7(11)5-12-9(3)6-13-8(2)4-10;1-3-5-7-8-6-4-2/h7-11H,4-6H2,1-3H3;3-7H2,1-2H3. The Bertz CT molecular complexity index is 182. The highest BCUT2D eigenvalue weighted by molar-refractivity contribution is 4.52. The molecule has 3 unspecified atom stereocenters. The van der Waals surface area contributed by atoms with Gasteiger partial charge in [-0.15, -0.1) is 0 Å². The maximum absolute atomic E-state index is 8.92. The molecule has 130 valence electrons. The van der Waals surface area contributed by atoms with Gasteiger partial charge in [0.25, 0.3) is 0 Å². The van der Waals surface area contributed by atoms with Crippen LogP contribution in [0.2, 0.25) is 0 Å². The molecule has 0 heterocycles. The molecule has 0 saturated heterocycles. The van der Waals surface area contributed by atoms with Crippen LogP contribution in [0.15, 0.2) is 0 Å². The van der Waals surface area contributed by atoms with Crippen molar-refractivity contribution >= 4 is 0 Å². The van der Waals surface area contributed by atoms with E-state index in [1.807, 2.05) is 6.92 Å². The van der Waals surface area contributed by atoms with Crippen LogP contribution in [0.1, 0.15) is 53.9 Å². The van der Waals surface area contributed by atoms with Gasteiger partial charge in [-0.1, -0.05) is 20.3 Å². The molecule has 21 heavy (non-hydrogen) atoms. The lowest BCUT2D eigenvalue weighted by molar-refractivity contribution is -0.0620. The fraction of sp³-hybridized carbons (Fsp3) is 1.00. The van der Waals surface area contributed by atoms with Gasteiger partial charge in [-0.3, -0.25) is 0 Å². The van der Waals surface area contributed by atoms with E-state index in [0.29, 0.717) is 13.2 Å². The van der Waals surface area contributed by atoms with Gasteiger partial charge in [0.15, 0.2) is 0 Å². The quantitative estimate of drug-likeness (QED) is 0.542. The van der Waals surface area contributed by atoms with Crippen LogP contribution in [0.3, 0.4) is 0 Å². The summed E-state index contributed by atoms with van der Waals surface area (Å²) in [5, 5.41) is 17.6. The van der Waals surface area contributed by atoms with E-state index < -0.39 is 6.10 Å². The van der Waals surface area contributed by atoms with Gasteiger partial charge in [-0.2, -0.15) is 0 Å². The van der Waals surface area contributed by atoms with Crippen molar-refractivity contribution in [1.82, 2.24) is 0 Å². The van der Waals surface area contributed by atoms with Crippen molar-refractivity contribution in [2.45, 2.75) is 72.2 Å². The van der Waals surface area contributed by atoms with E-state index in [-0.39, 0.29) is 18.8 Å². The molecule has 0 rings (SSSR count). The lowest BCUT2D eigenvalue weighted by Crippen LogP contribution is -2.24.